The molecule has 5 rings (SSSR count). The lowest BCUT2D eigenvalue weighted by molar-refractivity contribution is -0.185. The molecule has 4 aliphatic rings. The molecule has 0 amide bonds. The van der Waals surface area contributed by atoms with Crippen LogP contribution in [0.15, 0.2) is 23.1 Å². The fraction of sp³-hybridized carbons (Fsp3) is 0.684. The van der Waals surface area contributed by atoms with Gasteiger partial charge in [-0.1, -0.05) is 17.7 Å². The van der Waals surface area contributed by atoms with E-state index in [1.807, 2.05) is 6.92 Å². The van der Waals surface area contributed by atoms with Crippen molar-refractivity contribution in [1.82, 2.24) is 4.72 Å². The lowest BCUT2D eigenvalue weighted by Crippen LogP contribution is -2.63. The standard InChI is InChI=1S/C19H26ClNO3S/c1-12-3-4-17(10-18(12)20)25(22,23)21-11-19(24-2)15-6-13-5-14(8-15)9-16(19)7-13/h3-4,10,13-16,21H,5-9,11H2,1-2H3. The second-order valence-corrected chi connectivity index (χ2v) is 10.4. The van der Waals surface area contributed by atoms with Gasteiger partial charge in [0.05, 0.1) is 10.5 Å². The van der Waals surface area contributed by atoms with Gasteiger partial charge < -0.3 is 4.74 Å². The van der Waals surface area contributed by atoms with Crippen molar-refractivity contribution in [3.63, 3.8) is 0 Å². The second kappa shape index (κ2) is 6.22. The largest absolute Gasteiger partial charge is 0.376 e. The van der Waals surface area contributed by atoms with Gasteiger partial charge in [0.25, 0.3) is 0 Å². The van der Waals surface area contributed by atoms with Crippen LogP contribution in [-0.4, -0.2) is 27.7 Å². The van der Waals surface area contributed by atoms with Crippen LogP contribution in [0.4, 0.5) is 0 Å². The quantitative estimate of drug-likeness (QED) is 0.842. The molecule has 6 heteroatoms. The Balaban J connectivity index is 1.55. The SMILES string of the molecule is COC1(CNS(=O)(=O)c2ccc(C)c(Cl)c2)C2CC3CC(C2)CC1C3. The molecule has 4 aliphatic carbocycles. The molecule has 0 aromatic heterocycles. The first-order valence-electron chi connectivity index (χ1n) is 9.15. The highest BCUT2D eigenvalue weighted by Crippen LogP contribution is 2.59. The summed E-state index contributed by atoms with van der Waals surface area (Å²) in [5.74, 6) is 2.58. The number of nitrogens with one attached hydrogen (secondary N) is 1. The van der Waals surface area contributed by atoms with E-state index < -0.39 is 10.0 Å². The van der Waals surface area contributed by atoms with Gasteiger partial charge in [-0.2, -0.15) is 0 Å². The Morgan fingerprint density at radius 3 is 2.28 bits per heavy atom. The maximum atomic E-state index is 12.8. The number of rotatable bonds is 5. The van der Waals surface area contributed by atoms with Gasteiger partial charge >= 0.3 is 0 Å². The fourth-order valence-corrected chi connectivity index (χ4v) is 7.06. The number of ether oxygens (including phenoxy) is 1. The topological polar surface area (TPSA) is 55.4 Å². The van der Waals surface area contributed by atoms with Crippen LogP contribution in [0, 0.1) is 30.6 Å². The molecule has 4 bridgehead atoms. The summed E-state index contributed by atoms with van der Waals surface area (Å²) in [5.41, 5.74) is 0.518. The Kier molecular flexibility index (Phi) is 4.42. The van der Waals surface area contributed by atoms with E-state index in [1.165, 1.54) is 38.2 Å². The molecule has 4 nitrogen and oxygen atoms in total. The van der Waals surface area contributed by atoms with Gasteiger partial charge in [0.2, 0.25) is 10.0 Å². The molecule has 0 spiro atoms. The van der Waals surface area contributed by atoms with E-state index in [4.69, 9.17) is 16.3 Å². The third kappa shape index (κ3) is 2.93. The van der Waals surface area contributed by atoms with Crippen LogP contribution in [0.3, 0.4) is 0 Å². The van der Waals surface area contributed by atoms with E-state index in [2.05, 4.69) is 4.72 Å². The summed E-state index contributed by atoms with van der Waals surface area (Å²) < 4.78 is 34.4. The third-order valence-electron chi connectivity index (χ3n) is 6.89. The van der Waals surface area contributed by atoms with Gasteiger partial charge in [0.1, 0.15) is 0 Å². The average Bonchev–Trinajstić information content (AvgIpc) is 2.57. The molecule has 1 aromatic carbocycles. The minimum atomic E-state index is -3.59. The van der Waals surface area contributed by atoms with E-state index in [9.17, 15) is 8.42 Å². The van der Waals surface area contributed by atoms with Crippen LogP contribution < -0.4 is 4.72 Å². The first kappa shape index (κ1) is 17.8. The zero-order valence-electron chi connectivity index (χ0n) is 14.8. The van der Waals surface area contributed by atoms with E-state index in [1.54, 1.807) is 19.2 Å². The Morgan fingerprint density at radius 1 is 1.16 bits per heavy atom. The number of hydrogen-bond acceptors (Lipinski definition) is 3. The third-order valence-corrected chi connectivity index (χ3v) is 8.70. The van der Waals surface area contributed by atoms with E-state index in [0.717, 1.165) is 17.4 Å². The summed E-state index contributed by atoms with van der Waals surface area (Å²) in [4.78, 5) is 0.221. The van der Waals surface area contributed by atoms with Gasteiger partial charge in [0, 0.05) is 18.7 Å². The van der Waals surface area contributed by atoms with Crippen LogP contribution in [0.25, 0.3) is 0 Å². The highest BCUT2D eigenvalue weighted by Gasteiger charge is 2.57. The molecule has 1 N–H and O–H groups in total. The lowest BCUT2D eigenvalue weighted by Gasteiger charge is -2.60. The number of hydrogen-bond donors (Lipinski definition) is 1. The summed E-state index contributed by atoms with van der Waals surface area (Å²) in [6.07, 6.45) is 6.08. The molecule has 0 radical (unpaired) electrons. The van der Waals surface area contributed by atoms with Crippen molar-refractivity contribution in [2.24, 2.45) is 23.7 Å². The van der Waals surface area contributed by atoms with Crippen LogP contribution in [0.5, 0.6) is 0 Å². The van der Waals surface area contributed by atoms with Crippen LogP contribution >= 0.6 is 11.6 Å². The summed E-state index contributed by atoms with van der Waals surface area (Å²) in [7, 11) is -1.85. The molecule has 1 aromatic rings. The monoisotopic (exact) mass is 383 g/mol. The van der Waals surface area contributed by atoms with Crippen LogP contribution in [-0.2, 0) is 14.8 Å². The van der Waals surface area contributed by atoms with Gasteiger partial charge in [-0.05, 0) is 80.4 Å². The van der Waals surface area contributed by atoms with Crippen molar-refractivity contribution in [1.29, 1.82) is 0 Å². The van der Waals surface area contributed by atoms with Crippen LogP contribution in [0.1, 0.15) is 37.7 Å². The number of sulfonamides is 1. The smallest absolute Gasteiger partial charge is 0.240 e. The average molecular weight is 384 g/mol. The summed E-state index contributed by atoms with van der Waals surface area (Å²) >= 11 is 6.11. The van der Waals surface area contributed by atoms with Crippen molar-refractivity contribution in [2.45, 2.75) is 49.5 Å². The van der Waals surface area contributed by atoms with Gasteiger partial charge in [-0.3, -0.25) is 0 Å². The molecule has 4 saturated carbocycles. The van der Waals surface area contributed by atoms with E-state index in [-0.39, 0.29) is 10.5 Å². The Morgan fingerprint density at radius 2 is 1.76 bits per heavy atom. The molecule has 138 valence electrons. The van der Waals surface area contributed by atoms with Gasteiger partial charge in [0.15, 0.2) is 0 Å². The van der Waals surface area contributed by atoms with Gasteiger partial charge in [-0.15, -0.1) is 0 Å². The molecule has 0 aliphatic heterocycles. The Bertz CT molecular complexity index is 749. The minimum absolute atomic E-state index is 0.221. The maximum Gasteiger partial charge on any atom is 0.240 e. The highest BCUT2D eigenvalue weighted by molar-refractivity contribution is 7.89. The van der Waals surface area contributed by atoms with E-state index in [0.29, 0.717) is 23.4 Å². The van der Waals surface area contributed by atoms with Crippen molar-refractivity contribution in [2.75, 3.05) is 13.7 Å². The van der Waals surface area contributed by atoms with Crippen molar-refractivity contribution in [3.05, 3.63) is 28.8 Å². The van der Waals surface area contributed by atoms with Gasteiger partial charge in [-0.25, -0.2) is 13.1 Å². The number of aryl methyl sites for hydroxylation is 1. The van der Waals surface area contributed by atoms with Crippen LogP contribution in [0.2, 0.25) is 5.02 Å². The predicted molar refractivity (Wildman–Crippen MR) is 98.2 cm³/mol. The molecular weight excluding hydrogens is 358 g/mol. The second-order valence-electron chi connectivity index (χ2n) is 8.20. The number of halogens is 1. The van der Waals surface area contributed by atoms with Crippen molar-refractivity contribution < 1.29 is 13.2 Å². The molecule has 0 saturated heterocycles. The number of methoxy groups -OCH3 is 1. The molecular formula is C19H26ClNO3S. The molecule has 0 unspecified atom stereocenters. The fourth-order valence-electron chi connectivity index (χ4n) is 5.71. The summed E-state index contributed by atoms with van der Waals surface area (Å²) in [6.45, 7) is 2.21. The predicted octanol–water partition coefficient (Wildman–Crippen LogP) is 3.77. The highest BCUT2D eigenvalue weighted by atomic mass is 35.5. The first-order valence-corrected chi connectivity index (χ1v) is 11.0. The molecule has 25 heavy (non-hydrogen) atoms. The summed E-state index contributed by atoms with van der Waals surface area (Å²) in [5, 5.41) is 0.471. The normalized spacial score (nSPS) is 36.8. The maximum absolute atomic E-state index is 12.8. The summed E-state index contributed by atoms with van der Waals surface area (Å²) in [6, 6.07) is 4.88. The molecule has 0 heterocycles. The Hall–Kier alpha value is -0.620. The number of benzene rings is 1. The van der Waals surface area contributed by atoms with E-state index >= 15 is 0 Å². The lowest BCUT2D eigenvalue weighted by atomic mass is 9.50. The van der Waals surface area contributed by atoms with Crippen molar-refractivity contribution in [3.8, 4) is 0 Å². The first-order chi connectivity index (χ1) is 11.8. The molecule has 4 fully saturated rings. The zero-order chi connectivity index (χ0) is 17.8. The molecule has 0 atom stereocenters. The van der Waals surface area contributed by atoms with Crippen molar-refractivity contribution >= 4 is 21.6 Å². The zero-order valence-corrected chi connectivity index (χ0v) is 16.4. The minimum Gasteiger partial charge on any atom is -0.376 e. The Labute approximate surface area is 155 Å².